The predicted octanol–water partition coefficient (Wildman–Crippen LogP) is 8.87. The fourth-order valence-corrected chi connectivity index (χ4v) is 6.67. The summed E-state index contributed by atoms with van der Waals surface area (Å²) in [5, 5.41) is 3.57. The van der Waals surface area contributed by atoms with E-state index in [1.165, 1.54) is 18.3 Å². The minimum atomic E-state index is -4.61. The van der Waals surface area contributed by atoms with Gasteiger partial charge in [-0.25, -0.2) is 4.79 Å². The van der Waals surface area contributed by atoms with Crippen LogP contribution in [0, 0.1) is 10.8 Å². The molecule has 2 N–H and O–H groups in total. The van der Waals surface area contributed by atoms with E-state index in [2.05, 4.69) is 43.2 Å². The zero-order chi connectivity index (χ0) is 40.7. The van der Waals surface area contributed by atoms with Crippen LogP contribution in [0.25, 0.3) is 10.9 Å². The molecular weight excluding hydrogens is 711 g/mol. The number of carbonyl (C=O) groups is 4. The van der Waals surface area contributed by atoms with Gasteiger partial charge in [-0.05, 0) is 113 Å². The van der Waals surface area contributed by atoms with Crippen LogP contribution in [-0.2, 0) is 53.4 Å². The van der Waals surface area contributed by atoms with Gasteiger partial charge in [-0.2, -0.15) is 0 Å². The number of esters is 3. The Morgan fingerprint density at radius 2 is 1.35 bits per heavy atom. The molecule has 2 atom stereocenters. The van der Waals surface area contributed by atoms with Gasteiger partial charge in [-0.1, -0.05) is 53.1 Å². The van der Waals surface area contributed by atoms with Crippen molar-refractivity contribution in [3.63, 3.8) is 0 Å². The first-order valence-corrected chi connectivity index (χ1v) is 19.9. The van der Waals surface area contributed by atoms with E-state index in [4.69, 9.17) is 23.3 Å². The number of hydrogen-bond acceptors (Lipinski definition) is 10. The van der Waals surface area contributed by atoms with Gasteiger partial charge in [0.15, 0.2) is 0 Å². The van der Waals surface area contributed by atoms with E-state index in [0.29, 0.717) is 6.42 Å². The SMILES string of the molecule is COC(=O)C(Cc1c[nH]c2ccccc12)NC(=O)C(C/C=C(/C)CC/C=C(\C)CCC=C(C)C)P(=O)(OCOC(=O)C(C)(C)C)OCOC(=O)C(C)(C)C. The number of carbonyl (C=O) groups excluding carboxylic acids is 4. The average molecular weight is 773 g/mol. The lowest BCUT2D eigenvalue weighted by atomic mass is 9.98. The van der Waals surface area contributed by atoms with Crippen molar-refractivity contribution in [1.29, 1.82) is 0 Å². The number of aromatic amines is 1. The molecule has 0 aliphatic heterocycles. The van der Waals surface area contributed by atoms with Crippen LogP contribution in [-0.4, -0.2) is 61.2 Å². The van der Waals surface area contributed by atoms with Crippen LogP contribution in [0.2, 0.25) is 0 Å². The summed E-state index contributed by atoms with van der Waals surface area (Å²) in [7, 11) is -3.40. The van der Waals surface area contributed by atoms with Gasteiger partial charge in [0.2, 0.25) is 19.5 Å². The molecule has 12 nitrogen and oxygen atoms in total. The maximum Gasteiger partial charge on any atom is 0.349 e. The first kappa shape index (κ1) is 46.2. The molecular formula is C41H61N2O10P. The third kappa shape index (κ3) is 15.4. The molecule has 1 aromatic carbocycles. The number of amides is 1. The van der Waals surface area contributed by atoms with Crippen LogP contribution < -0.4 is 5.32 Å². The molecule has 1 heterocycles. The zero-order valence-corrected chi connectivity index (χ0v) is 34.9. The van der Waals surface area contributed by atoms with Crippen LogP contribution in [0.5, 0.6) is 0 Å². The Morgan fingerprint density at radius 1 is 0.815 bits per heavy atom. The van der Waals surface area contributed by atoms with Crippen molar-refractivity contribution in [2.45, 2.75) is 119 Å². The molecule has 2 rings (SSSR count). The Kier molecular flexibility index (Phi) is 18.1. The Balaban J connectivity index is 2.47. The van der Waals surface area contributed by atoms with Crippen molar-refractivity contribution >= 4 is 42.3 Å². The molecule has 1 amide bonds. The molecule has 300 valence electrons. The lowest BCUT2D eigenvalue weighted by molar-refractivity contribution is -0.162. The molecule has 0 fully saturated rings. The van der Waals surface area contributed by atoms with E-state index in [-0.39, 0.29) is 12.8 Å². The molecule has 0 aliphatic rings. The van der Waals surface area contributed by atoms with Gasteiger partial charge < -0.3 is 24.5 Å². The maximum atomic E-state index is 14.7. The number of allylic oxidation sites excluding steroid dienone is 6. The van der Waals surface area contributed by atoms with Crippen molar-refractivity contribution in [3.05, 3.63) is 71.0 Å². The lowest BCUT2D eigenvalue weighted by Crippen LogP contribution is -2.47. The molecule has 2 unspecified atom stereocenters. The number of aromatic nitrogens is 1. The summed E-state index contributed by atoms with van der Waals surface area (Å²) >= 11 is 0. The molecule has 0 saturated carbocycles. The van der Waals surface area contributed by atoms with E-state index >= 15 is 0 Å². The summed E-state index contributed by atoms with van der Waals surface area (Å²) in [5.74, 6) is -2.84. The van der Waals surface area contributed by atoms with Crippen LogP contribution in [0.4, 0.5) is 0 Å². The van der Waals surface area contributed by atoms with Crippen molar-refractivity contribution < 1.29 is 47.0 Å². The summed E-state index contributed by atoms with van der Waals surface area (Å²) in [6.45, 7) is 16.4. The molecule has 2 aromatic rings. The summed E-state index contributed by atoms with van der Waals surface area (Å²) in [6.07, 6.45) is 11.2. The Labute approximate surface area is 321 Å². The number of benzene rings is 1. The first-order chi connectivity index (χ1) is 25.2. The number of ether oxygens (including phenoxy) is 3. The summed E-state index contributed by atoms with van der Waals surface area (Å²) in [4.78, 5) is 55.6. The number of methoxy groups -OCH3 is 1. The number of rotatable bonds is 20. The standard InChI is InChI=1S/C41H61N2O10P/c1-28(2)16-14-17-29(3)18-15-19-30(4)22-23-35(36(44)43-34(37(45)49-11)24-31-25-42-33-21-13-12-20-32(31)33)54(48,52-26-50-38(46)40(5,6)7)53-27-51-39(47)41(8,9)10/h12-13,16,18,20-22,25,34-35,42H,14-15,17,19,23-24,26-27H2,1-11H3,(H,43,44)/b29-18+,30-22-. The van der Waals surface area contributed by atoms with Gasteiger partial charge in [0, 0.05) is 23.5 Å². The molecule has 13 heteroatoms. The maximum absolute atomic E-state index is 14.7. The highest BCUT2D eigenvalue weighted by Gasteiger charge is 2.43. The van der Waals surface area contributed by atoms with Crippen LogP contribution in [0.15, 0.2) is 65.4 Å². The summed E-state index contributed by atoms with van der Waals surface area (Å²) in [5.41, 5.74) is 1.70. The monoisotopic (exact) mass is 772 g/mol. The minimum absolute atomic E-state index is 0.0573. The Bertz CT molecular complexity index is 1680. The average Bonchev–Trinajstić information content (AvgIpc) is 3.49. The second-order valence-corrected chi connectivity index (χ2v) is 18.0. The van der Waals surface area contributed by atoms with Gasteiger partial charge in [-0.3, -0.25) is 28.0 Å². The third-order valence-corrected chi connectivity index (χ3v) is 10.6. The fourth-order valence-electron chi connectivity index (χ4n) is 5.11. The molecule has 1 aromatic heterocycles. The molecule has 0 bridgehead atoms. The molecule has 0 radical (unpaired) electrons. The Hall–Kier alpha value is -3.99. The minimum Gasteiger partial charge on any atom is -0.467 e. The summed E-state index contributed by atoms with van der Waals surface area (Å²) < 4.78 is 41.6. The van der Waals surface area contributed by atoms with Gasteiger partial charge in [0.1, 0.15) is 11.7 Å². The molecule has 0 aliphatic carbocycles. The second kappa shape index (κ2) is 21.2. The predicted molar refractivity (Wildman–Crippen MR) is 210 cm³/mol. The number of para-hydroxylation sites is 1. The highest BCUT2D eigenvalue weighted by molar-refractivity contribution is 7.55. The number of nitrogens with one attached hydrogen (secondary N) is 2. The van der Waals surface area contributed by atoms with Crippen LogP contribution >= 0.6 is 7.60 Å². The third-order valence-electron chi connectivity index (χ3n) is 8.47. The first-order valence-electron chi connectivity index (χ1n) is 18.3. The number of fused-ring (bicyclic) bond motifs is 1. The van der Waals surface area contributed by atoms with Crippen LogP contribution in [0.1, 0.15) is 107 Å². The van der Waals surface area contributed by atoms with E-state index in [1.807, 2.05) is 31.2 Å². The van der Waals surface area contributed by atoms with E-state index < -0.39 is 67.5 Å². The highest BCUT2D eigenvalue weighted by atomic mass is 31.2. The van der Waals surface area contributed by atoms with Crippen molar-refractivity contribution in [2.75, 3.05) is 20.7 Å². The van der Waals surface area contributed by atoms with Crippen molar-refractivity contribution in [1.82, 2.24) is 10.3 Å². The molecule has 0 saturated heterocycles. The second-order valence-electron chi connectivity index (χ2n) is 15.8. The van der Waals surface area contributed by atoms with E-state index in [9.17, 15) is 23.7 Å². The highest BCUT2D eigenvalue weighted by Crippen LogP contribution is 2.55. The van der Waals surface area contributed by atoms with Gasteiger partial charge in [0.25, 0.3) is 0 Å². The van der Waals surface area contributed by atoms with Crippen molar-refractivity contribution in [2.24, 2.45) is 10.8 Å². The topological polar surface area (TPSA) is 159 Å². The van der Waals surface area contributed by atoms with Gasteiger partial charge in [0.05, 0.1) is 17.9 Å². The largest absolute Gasteiger partial charge is 0.467 e. The summed E-state index contributed by atoms with van der Waals surface area (Å²) in [6, 6.07) is 6.34. The smallest absolute Gasteiger partial charge is 0.349 e. The van der Waals surface area contributed by atoms with Crippen LogP contribution in [0.3, 0.4) is 0 Å². The normalized spacial score (nSPS) is 13.9. The zero-order valence-electron chi connectivity index (χ0n) is 34.0. The van der Waals surface area contributed by atoms with Gasteiger partial charge >= 0.3 is 25.5 Å². The van der Waals surface area contributed by atoms with E-state index in [1.54, 1.807) is 53.8 Å². The van der Waals surface area contributed by atoms with E-state index in [0.717, 1.165) is 41.3 Å². The fraction of sp³-hybridized carbons (Fsp3) is 0.561. The van der Waals surface area contributed by atoms with Crippen molar-refractivity contribution in [3.8, 4) is 0 Å². The molecule has 54 heavy (non-hydrogen) atoms. The number of hydrogen-bond donors (Lipinski definition) is 2. The molecule has 0 spiro atoms. The quantitative estimate of drug-likeness (QED) is 0.0438. The Morgan fingerprint density at radius 3 is 1.89 bits per heavy atom. The lowest BCUT2D eigenvalue weighted by Gasteiger charge is -2.28. The number of H-pyrrole nitrogens is 1. The van der Waals surface area contributed by atoms with Gasteiger partial charge in [-0.15, -0.1) is 0 Å².